The van der Waals surface area contributed by atoms with Gasteiger partial charge in [0.15, 0.2) is 0 Å². The average Bonchev–Trinajstić information content (AvgIpc) is 2.08. The van der Waals surface area contributed by atoms with Crippen LogP contribution in [0.5, 0.6) is 0 Å². The Hall–Kier alpha value is -0.0400. The van der Waals surface area contributed by atoms with Crippen molar-refractivity contribution in [1.29, 1.82) is 0 Å². The van der Waals surface area contributed by atoms with Gasteiger partial charge >= 0.3 is 0 Å². The predicted molar refractivity (Wildman–Crippen MR) is 70.0 cm³/mol. The molecule has 0 heterocycles. The lowest BCUT2D eigenvalue weighted by Gasteiger charge is -2.26. The molecule has 0 bridgehead atoms. The summed E-state index contributed by atoms with van der Waals surface area (Å²) in [4.78, 5) is 0. The zero-order chi connectivity index (χ0) is 11.7. The largest absolute Gasteiger partial charge is 0.328 e. The van der Waals surface area contributed by atoms with Crippen molar-refractivity contribution < 1.29 is 0 Å². The number of nitrogens with two attached hydrogens (primary N) is 1. The SMILES string of the molecule is CCCCCCCCC(C)(C)CC(C)N. The van der Waals surface area contributed by atoms with Crippen molar-refractivity contribution in [1.82, 2.24) is 0 Å². The van der Waals surface area contributed by atoms with E-state index in [4.69, 9.17) is 5.73 Å². The highest BCUT2D eigenvalue weighted by atomic mass is 14.6. The Morgan fingerprint density at radius 3 is 2.07 bits per heavy atom. The van der Waals surface area contributed by atoms with Crippen LogP contribution in [0, 0.1) is 5.41 Å². The normalized spacial score (nSPS) is 14.2. The van der Waals surface area contributed by atoms with E-state index in [-0.39, 0.29) is 0 Å². The maximum atomic E-state index is 5.85. The Morgan fingerprint density at radius 1 is 1.00 bits per heavy atom. The first kappa shape index (κ1) is 15.0. The van der Waals surface area contributed by atoms with Gasteiger partial charge in [0.1, 0.15) is 0 Å². The van der Waals surface area contributed by atoms with E-state index in [1.54, 1.807) is 0 Å². The fraction of sp³-hybridized carbons (Fsp3) is 1.00. The molecule has 0 saturated heterocycles. The summed E-state index contributed by atoms with van der Waals surface area (Å²) in [6, 6.07) is 0.347. The third-order valence-electron chi connectivity index (χ3n) is 3.08. The van der Waals surface area contributed by atoms with Crippen LogP contribution in [0.2, 0.25) is 0 Å². The van der Waals surface area contributed by atoms with E-state index in [2.05, 4.69) is 27.7 Å². The Labute approximate surface area is 96.8 Å². The van der Waals surface area contributed by atoms with Gasteiger partial charge in [-0.1, -0.05) is 59.3 Å². The van der Waals surface area contributed by atoms with Gasteiger partial charge < -0.3 is 5.73 Å². The average molecular weight is 213 g/mol. The van der Waals surface area contributed by atoms with E-state index in [0.29, 0.717) is 11.5 Å². The van der Waals surface area contributed by atoms with Crippen LogP contribution in [0.3, 0.4) is 0 Å². The lowest BCUT2D eigenvalue weighted by molar-refractivity contribution is 0.276. The van der Waals surface area contributed by atoms with Gasteiger partial charge in [-0.15, -0.1) is 0 Å². The molecule has 0 aromatic rings. The van der Waals surface area contributed by atoms with Crippen molar-refractivity contribution in [2.24, 2.45) is 11.1 Å². The molecule has 0 aliphatic rings. The van der Waals surface area contributed by atoms with Gasteiger partial charge in [-0.05, 0) is 25.2 Å². The molecule has 1 heteroatoms. The molecule has 1 nitrogen and oxygen atoms in total. The summed E-state index contributed by atoms with van der Waals surface area (Å²) in [7, 11) is 0. The van der Waals surface area contributed by atoms with Crippen LogP contribution < -0.4 is 5.73 Å². The van der Waals surface area contributed by atoms with Crippen molar-refractivity contribution in [2.75, 3.05) is 0 Å². The first-order valence-electron chi connectivity index (χ1n) is 6.73. The third-order valence-corrected chi connectivity index (χ3v) is 3.08. The van der Waals surface area contributed by atoms with Crippen LogP contribution in [-0.4, -0.2) is 6.04 Å². The molecule has 0 aromatic heterocycles. The minimum atomic E-state index is 0.347. The highest BCUT2D eigenvalue weighted by molar-refractivity contribution is 4.72. The maximum absolute atomic E-state index is 5.85. The summed E-state index contributed by atoms with van der Waals surface area (Å²) in [5.41, 5.74) is 6.29. The van der Waals surface area contributed by atoms with Gasteiger partial charge in [0.2, 0.25) is 0 Å². The smallest absolute Gasteiger partial charge is 0.00155 e. The summed E-state index contributed by atoms with van der Waals surface area (Å²) in [5, 5.41) is 0. The second-order valence-corrected chi connectivity index (χ2v) is 5.86. The topological polar surface area (TPSA) is 26.0 Å². The molecule has 0 aliphatic heterocycles. The molecule has 0 saturated carbocycles. The zero-order valence-electron chi connectivity index (χ0n) is 11.3. The van der Waals surface area contributed by atoms with E-state index in [1.165, 1.54) is 44.9 Å². The molecule has 1 atom stereocenters. The van der Waals surface area contributed by atoms with Crippen LogP contribution in [0.4, 0.5) is 0 Å². The van der Waals surface area contributed by atoms with Crippen molar-refractivity contribution in [3.63, 3.8) is 0 Å². The van der Waals surface area contributed by atoms with Crippen LogP contribution in [-0.2, 0) is 0 Å². The Balaban J connectivity index is 3.40. The summed E-state index contributed by atoms with van der Waals surface area (Å²) in [5.74, 6) is 0. The van der Waals surface area contributed by atoms with Gasteiger partial charge in [-0.3, -0.25) is 0 Å². The monoisotopic (exact) mass is 213 g/mol. The molecule has 0 amide bonds. The fourth-order valence-corrected chi connectivity index (χ4v) is 2.36. The van der Waals surface area contributed by atoms with Crippen molar-refractivity contribution >= 4 is 0 Å². The molecule has 1 unspecified atom stereocenters. The minimum Gasteiger partial charge on any atom is -0.328 e. The molecule has 15 heavy (non-hydrogen) atoms. The molecule has 2 N–H and O–H groups in total. The molecule has 0 radical (unpaired) electrons. The lowest BCUT2D eigenvalue weighted by Crippen LogP contribution is -2.24. The molecular weight excluding hydrogens is 182 g/mol. The summed E-state index contributed by atoms with van der Waals surface area (Å²) in [6.45, 7) is 9.08. The number of rotatable bonds is 9. The van der Waals surface area contributed by atoms with Crippen LogP contribution in [0.15, 0.2) is 0 Å². The summed E-state index contributed by atoms with van der Waals surface area (Å²) in [6.07, 6.45) is 10.9. The quantitative estimate of drug-likeness (QED) is 0.561. The van der Waals surface area contributed by atoms with Crippen molar-refractivity contribution in [3.8, 4) is 0 Å². The number of hydrogen-bond donors (Lipinski definition) is 1. The summed E-state index contributed by atoms with van der Waals surface area (Å²) >= 11 is 0. The third kappa shape index (κ3) is 10.2. The van der Waals surface area contributed by atoms with E-state index >= 15 is 0 Å². The predicted octanol–water partition coefficient (Wildman–Crippen LogP) is 4.50. The molecule has 92 valence electrons. The van der Waals surface area contributed by atoms with Crippen LogP contribution >= 0.6 is 0 Å². The first-order chi connectivity index (χ1) is 6.98. The van der Waals surface area contributed by atoms with Gasteiger partial charge in [0, 0.05) is 6.04 Å². The minimum absolute atomic E-state index is 0.347. The Bertz CT molecular complexity index is 138. The molecule has 0 rings (SSSR count). The molecular formula is C14H31N. The standard InChI is InChI=1S/C14H31N/c1-5-6-7-8-9-10-11-14(3,4)12-13(2)15/h13H,5-12,15H2,1-4H3. The number of hydrogen-bond acceptors (Lipinski definition) is 1. The van der Waals surface area contributed by atoms with Crippen LogP contribution in [0.1, 0.15) is 79.1 Å². The maximum Gasteiger partial charge on any atom is 0.00155 e. The van der Waals surface area contributed by atoms with Crippen molar-refractivity contribution in [3.05, 3.63) is 0 Å². The first-order valence-corrected chi connectivity index (χ1v) is 6.73. The molecule has 0 fully saturated rings. The van der Waals surface area contributed by atoms with E-state index in [9.17, 15) is 0 Å². The molecule has 0 aliphatic carbocycles. The van der Waals surface area contributed by atoms with Gasteiger partial charge in [-0.25, -0.2) is 0 Å². The van der Waals surface area contributed by atoms with Gasteiger partial charge in [0.05, 0.1) is 0 Å². The highest BCUT2D eigenvalue weighted by Crippen LogP contribution is 2.28. The Kier molecular flexibility index (Phi) is 8.13. The Morgan fingerprint density at radius 2 is 1.53 bits per heavy atom. The lowest BCUT2D eigenvalue weighted by atomic mass is 9.81. The van der Waals surface area contributed by atoms with E-state index in [0.717, 1.165) is 6.42 Å². The van der Waals surface area contributed by atoms with Gasteiger partial charge in [0.25, 0.3) is 0 Å². The van der Waals surface area contributed by atoms with E-state index in [1.807, 2.05) is 0 Å². The second-order valence-electron chi connectivity index (χ2n) is 5.86. The highest BCUT2D eigenvalue weighted by Gasteiger charge is 2.18. The van der Waals surface area contributed by atoms with Gasteiger partial charge in [-0.2, -0.15) is 0 Å². The molecule has 0 aromatic carbocycles. The van der Waals surface area contributed by atoms with Crippen molar-refractivity contribution in [2.45, 2.75) is 85.1 Å². The second kappa shape index (κ2) is 8.15. The number of unbranched alkanes of at least 4 members (excludes halogenated alkanes) is 5. The zero-order valence-corrected chi connectivity index (χ0v) is 11.3. The van der Waals surface area contributed by atoms with E-state index < -0.39 is 0 Å². The summed E-state index contributed by atoms with van der Waals surface area (Å²) < 4.78 is 0. The fourth-order valence-electron chi connectivity index (χ4n) is 2.36. The van der Waals surface area contributed by atoms with Crippen LogP contribution in [0.25, 0.3) is 0 Å². The molecule has 0 spiro atoms.